The van der Waals surface area contributed by atoms with E-state index in [2.05, 4.69) is 0 Å². The third-order valence-electron chi connectivity index (χ3n) is 4.81. The molecule has 2 heterocycles. The second-order valence-corrected chi connectivity index (χ2v) is 6.33. The number of nitrogens with zero attached hydrogens (tertiary/aromatic N) is 1. The zero-order valence-electron chi connectivity index (χ0n) is 15.6. The SMILES string of the molecule is COc1cc([C@@H]2C(C#N)=C(N)Oc3c2c(=O)oc2ccccc32)cc(OC)c1O. The number of hydrogen-bond acceptors (Lipinski definition) is 8. The van der Waals surface area contributed by atoms with Crippen LogP contribution < -0.4 is 25.6 Å². The number of hydrogen-bond donors (Lipinski definition) is 2. The smallest absolute Gasteiger partial charge is 0.344 e. The van der Waals surface area contributed by atoms with Gasteiger partial charge in [0.25, 0.3) is 0 Å². The molecular formula is C21H16N2O6. The van der Waals surface area contributed by atoms with E-state index in [1.165, 1.54) is 26.4 Å². The average molecular weight is 392 g/mol. The Balaban J connectivity index is 2.08. The van der Waals surface area contributed by atoms with Crippen LogP contribution in [-0.2, 0) is 0 Å². The van der Waals surface area contributed by atoms with Crippen molar-refractivity contribution in [3.8, 4) is 29.1 Å². The minimum Gasteiger partial charge on any atom is -0.502 e. The number of benzene rings is 2. The summed E-state index contributed by atoms with van der Waals surface area (Å²) in [5.41, 5.74) is 6.33. The minimum atomic E-state index is -0.895. The molecule has 29 heavy (non-hydrogen) atoms. The Morgan fingerprint density at radius 1 is 1.17 bits per heavy atom. The van der Waals surface area contributed by atoms with E-state index >= 15 is 0 Å². The number of phenolic OH excluding ortho intramolecular Hbond substituents is 1. The van der Waals surface area contributed by atoms with E-state index in [1.54, 1.807) is 24.3 Å². The van der Waals surface area contributed by atoms with Gasteiger partial charge in [-0.05, 0) is 29.8 Å². The van der Waals surface area contributed by atoms with Crippen molar-refractivity contribution in [3.05, 3.63) is 69.4 Å². The second-order valence-electron chi connectivity index (χ2n) is 6.33. The Hall–Kier alpha value is -4.12. The number of para-hydroxylation sites is 1. The highest BCUT2D eigenvalue weighted by Gasteiger charge is 2.36. The molecule has 0 spiro atoms. The lowest BCUT2D eigenvalue weighted by atomic mass is 9.83. The molecule has 0 unspecified atom stereocenters. The fourth-order valence-electron chi connectivity index (χ4n) is 3.48. The van der Waals surface area contributed by atoms with Crippen LogP contribution in [0, 0.1) is 11.3 Å². The zero-order chi connectivity index (χ0) is 20.7. The van der Waals surface area contributed by atoms with Gasteiger partial charge in [-0.1, -0.05) is 12.1 Å². The first-order valence-electron chi connectivity index (χ1n) is 8.58. The van der Waals surface area contributed by atoms with Crippen LogP contribution in [-0.4, -0.2) is 19.3 Å². The molecule has 146 valence electrons. The first kappa shape index (κ1) is 18.3. The van der Waals surface area contributed by atoms with Crippen LogP contribution in [0.15, 0.2) is 57.1 Å². The Kier molecular flexibility index (Phi) is 4.28. The monoisotopic (exact) mass is 392 g/mol. The third-order valence-corrected chi connectivity index (χ3v) is 4.81. The van der Waals surface area contributed by atoms with Crippen molar-refractivity contribution in [2.24, 2.45) is 5.73 Å². The van der Waals surface area contributed by atoms with Crippen molar-refractivity contribution in [1.82, 2.24) is 0 Å². The van der Waals surface area contributed by atoms with Crippen molar-refractivity contribution in [1.29, 1.82) is 5.26 Å². The summed E-state index contributed by atoms with van der Waals surface area (Å²) in [6, 6.07) is 11.9. The molecule has 8 heteroatoms. The quantitative estimate of drug-likeness (QED) is 0.651. The summed E-state index contributed by atoms with van der Waals surface area (Å²) in [7, 11) is 2.76. The van der Waals surface area contributed by atoms with E-state index < -0.39 is 11.5 Å². The number of ether oxygens (including phenoxy) is 3. The number of aromatic hydroxyl groups is 1. The van der Waals surface area contributed by atoms with Gasteiger partial charge < -0.3 is 29.5 Å². The van der Waals surface area contributed by atoms with Crippen molar-refractivity contribution in [2.45, 2.75) is 5.92 Å². The summed E-state index contributed by atoms with van der Waals surface area (Å²) in [5, 5.41) is 20.5. The number of phenols is 1. The first-order valence-corrected chi connectivity index (χ1v) is 8.58. The number of nitrogens with two attached hydrogens (primary N) is 1. The molecule has 1 aromatic heterocycles. The van der Waals surface area contributed by atoms with E-state index in [9.17, 15) is 15.2 Å². The maximum Gasteiger partial charge on any atom is 0.344 e. The molecule has 3 N–H and O–H groups in total. The molecule has 0 saturated heterocycles. The lowest BCUT2D eigenvalue weighted by Gasteiger charge is -2.26. The van der Waals surface area contributed by atoms with Crippen LogP contribution in [0.5, 0.6) is 23.0 Å². The van der Waals surface area contributed by atoms with Crippen molar-refractivity contribution < 1.29 is 23.7 Å². The first-order chi connectivity index (χ1) is 14.0. The largest absolute Gasteiger partial charge is 0.502 e. The van der Waals surface area contributed by atoms with E-state index in [-0.39, 0.29) is 40.0 Å². The molecule has 8 nitrogen and oxygen atoms in total. The van der Waals surface area contributed by atoms with Gasteiger partial charge in [0, 0.05) is 0 Å². The Labute approximate surface area is 164 Å². The van der Waals surface area contributed by atoms with Gasteiger partial charge in [-0.15, -0.1) is 0 Å². The maximum atomic E-state index is 12.9. The number of nitriles is 1. The standard InChI is InChI=1S/C21H16N2O6/c1-26-14-7-10(8-15(27-2)18(14)24)16-12(9-22)20(23)29-19-11-5-3-4-6-13(11)28-21(25)17(16)19/h3-8,16,24H,23H2,1-2H3/t16-/m1/s1. The topological polar surface area (TPSA) is 128 Å². The van der Waals surface area contributed by atoms with Gasteiger partial charge in [0.2, 0.25) is 11.6 Å². The number of allylic oxidation sites excluding steroid dienone is 1. The van der Waals surface area contributed by atoms with Gasteiger partial charge in [-0.3, -0.25) is 0 Å². The van der Waals surface area contributed by atoms with E-state index in [0.717, 1.165) is 0 Å². The molecule has 4 rings (SSSR count). The van der Waals surface area contributed by atoms with E-state index in [4.69, 9.17) is 24.4 Å². The molecule has 2 aromatic carbocycles. The molecule has 0 amide bonds. The molecule has 1 aliphatic heterocycles. The van der Waals surface area contributed by atoms with Crippen LogP contribution in [0.2, 0.25) is 0 Å². The lowest BCUT2D eigenvalue weighted by Crippen LogP contribution is -2.26. The Bertz CT molecular complexity index is 1240. The van der Waals surface area contributed by atoms with Crippen molar-refractivity contribution >= 4 is 11.0 Å². The molecule has 0 aliphatic carbocycles. The van der Waals surface area contributed by atoms with Gasteiger partial charge in [-0.2, -0.15) is 5.26 Å². The summed E-state index contributed by atoms with van der Waals surface area (Å²) in [5.74, 6) is -0.752. The summed E-state index contributed by atoms with van der Waals surface area (Å²) in [6.45, 7) is 0. The van der Waals surface area contributed by atoms with Crippen LogP contribution in [0.3, 0.4) is 0 Å². The number of rotatable bonds is 3. The summed E-state index contributed by atoms with van der Waals surface area (Å²) >= 11 is 0. The molecule has 0 saturated carbocycles. The van der Waals surface area contributed by atoms with E-state index in [0.29, 0.717) is 16.5 Å². The normalized spacial score (nSPS) is 15.4. The minimum absolute atomic E-state index is 0.0369. The predicted octanol–water partition coefficient (Wildman–Crippen LogP) is 2.73. The summed E-state index contributed by atoms with van der Waals surface area (Å²) in [4.78, 5) is 12.9. The highest BCUT2D eigenvalue weighted by molar-refractivity contribution is 5.86. The van der Waals surface area contributed by atoms with Gasteiger partial charge in [-0.25, -0.2) is 4.79 Å². The molecular weight excluding hydrogens is 376 g/mol. The number of fused-ring (bicyclic) bond motifs is 3. The average Bonchev–Trinajstić information content (AvgIpc) is 2.73. The van der Waals surface area contributed by atoms with Crippen molar-refractivity contribution in [3.63, 3.8) is 0 Å². The van der Waals surface area contributed by atoms with Crippen LogP contribution in [0.4, 0.5) is 0 Å². The molecule has 1 aliphatic rings. The Morgan fingerprint density at radius 2 is 1.83 bits per heavy atom. The molecule has 3 aromatic rings. The van der Waals surface area contributed by atoms with Gasteiger partial charge in [0.05, 0.1) is 31.1 Å². The summed E-state index contributed by atoms with van der Waals surface area (Å²) < 4.78 is 21.6. The Morgan fingerprint density at radius 3 is 2.45 bits per heavy atom. The molecule has 0 radical (unpaired) electrons. The van der Waals surface area contributed by atoms with Crippen LogP contribution >= 0.6 is 0 Å². The molecule has 1 atom stereocenters. The third kappa shape index (κ3) is 2.72. The zero-order valence-corrected chi connectivity index (χ0v) is 15.6. The fraction of sp³-hybridized carbons (Fsp3) is 0.143. The molecule has 0 bridgehead atoms. The van der Waals surface area contributed by atoms with Gasteiger partial charge in [0.15, 0.2) is 17.2 Å². The number of methoxy groups -OCH3 is 2. The fourth-order valence-corrected chi connectivity index (χ4v) is 3.48. The van der Waals surface area contributed by atoms with Crippen LogP contribution in [0.25, 0.3) is 11.0 Å². The second kappa shape index (κ2) is 6.80. The van der Waals surface area contributed by atoms with Crippen molar-refractivity contribution in [2.75, 3.05) is 14.2 Å². The summed E-state index contributed by atoms with van der Waals surface area (Å²) in [6.07, 6.45) is 0. The van der Waals surface area contributed by atoms with Crippen LogP contribution in [0.1, 0.15) is 17.0 Å². The highest BCUT2D eigenvalue weighted by atomic mass is 16.5. The van der Waals surface area contributed by atoms with Gasteiger partial charge >= 0.3 is 5.63 Å². The van der Waals surface area contributed by atoms with E-state index in [1.807, 2.05) is 6.07 Å². The lowest BCUT2D eigenvalue weighted by molar-refractivity contribution is 0.338. The van der Waals surface area contributed by atoms with Gasteiger partial charge in [0.1, 0.15) is 17.2 Å². The predicted molar refractivity (Wildman–Crippen MR) is 103 cm³/mol. The highest BCUT2D eigenvalue weighted by Crippen LogP contribution is 2.47. The molecule has 0 fully saturated rings. The maximum absolute atomic E-state index is 12.9.